The van der Waals surface area contributed by atoms with E-state index in [-0.39, 0.29) is 0 Å². The highest BCUT2D eigenvalue weighted by molar-refractivity contribution is 7.80. The van der Waals surface area contributed by atoms with E-state index < -0.39 is 0 Å². The van der Waals surface area contributed by atoms with Crippen LogP contribution in [-0.4, -0.2) is 27.0 Å². The van der Waals surface area contributed by atoms with Gasteiger partial charge in [0.25, 0.3) is 0 Å². The van der Waals surface area contributed by atoms with Gasteiger partial charge in [-0.15, -0.1) is 5.10 Å². The third-order valence-electron chi connectivity index (χ3n) is 3.77. The van der Waals surface area contributed by atoms with Crippen LogP contribution in [0.25, 0.3) is 0 Å². The molecule has 3 rings (SSSR count). The molecule has 0 saturated carbocycles. The number of methoxy groups -OCH3 is 1. The van der Waals surface area contributed by atoms with Gasteiger partial charge in [-0.2, -0.15) is 0 Å². The molecule has 0 aliphatic carbocycles. The average Bonchev–Trinajstić information content (AvgIpc) is 3.04. The first-order chi connectivity index (χ1) is 12.5. The van der Waals surface area contributed by atoms with E-state index in [1.807, 2.05) is 12.1 Å². The first kappa shape index (κ1) is 18.2. The van der Waals surface area contributed by atoms with Crippen molar-refractivity contribution in [1.29, 1.82) is 0 Å². The second kappa shape index (κ2) is 8.16. The lowest BCUT2D eigenvalue weighted by Crippen LogP contribution is -2.20. The number of aryl methyl sites for hydroxylation is 1. The van der Waals surface area contributed by atoms with Crippen molar-refractivity contribution < 1.29 is 4.74 Å². The van der Waals surface area contributed by atoms with Crippen LogP contribution in [0.4, 0.5) is 11.6 Å². The third kappa shape index (κ3) is 4.50. The van der Waals surface area contributed by atoms with Crippen molar-refractivity contribution in [1.82, 2.24) is 14.8 Å². The van der Waals surface area contributed by atoms with Crippen LogP contribution in [0, 0.1) is 6.92 Å². The van der Waals surface area contributed by atoms with Crippen molar-refractivity contribution in [2.24, 2.45) is 0 Å². The summed E-state index contributed by atoms with van der Waals surface area (Å²) in [6.45, 7) is 2.71. The van der Waals surface area contributed by atoms with Gasteiger partial charge in [0.05, 0.1) is 19.3 Å². The molecule has 2 aromatic carbocycles. The highest BCUT2D eigenvalue weighted by atomic mass is 35.5. The van der Waals surface area contributed by atoms with Gasteiger partial charge in [0, 0.05) is 5.02 Å². The summed E-state index contributed by atoms with van der Waals surface area (Å²) in [6.07, 6.45) is 1.66. The summed E-state index contributed by atoms with van der Waals surface area (Å²) in [7, 11) is 1.58. The summed E-state index contributed by atoms with van der Waals surface area (Å²) in [5.74, 6) is 1.05. The fourth-order valence-electron chi connectivity index (χ4n) is 2.42. The molecule has 3 aromatic rings. The van der Waals surface area contributed by atoms with Crippen molar-refractivity contribution in [3.05, 3.63) is 64.9 Å². The van der Waals surface area contributed by atoms with E-state index in [2.05, 4.69) is 39.8 Å². The predicted octanol–water partition coefficient (Wildman–Crippen LogP) is 4.11. The van der Waals surface area contributed by atoms with E-state index in [1.165, 1.54) is 11.1 Å². The predicted molar refractivity (Wildman–Crippen MR) is 108 cm³/mol. The molecule has 0 amide bonds. The minimum absolute atomic E-state index is 0.346. The van der Waals surface area contributed by atoms with Crippen LogP contribution >= 0.6 is 23.8 Å². The lowest BCUT2D eigenvalue weighted by molar-refractivity contribution is 0.417. The zero-order valence-corrected chi connectivity index (χ0v) is 15.9. The lowest BCUT2D eigenvalue weighted by atomic mass is 10.1. The number of aromatic nitrogens is 3. The standard InChI is InChI=1S/C18H18ClN5OS/c1-12-5-3-4-6-13(12)10-24-11-20-17(23-24)22-18(26)21-15-9-14(19)7-8-16(15)25-2/h3-9,11H,10H2,1-2H3,(H2,21,22,23,26). The number of ether oxygens (including phenoxy) is 1. The zero-order valence-electron chi connectivity index (χ0n) is 14.4. The highest BCUT2D eigenvalue weighted by Crippen LogP contribution is 2.27. The van der Waals surface area contributed by atoms with Crippen LogP contribution in [-0.2, 0) is 6.54 Å². The maximum absolute atomic E-state index is 6.02. The van der Waals surface area contributed by atoms with Crippen LogP contribution in [0.3, 0.4) is 0 Å². The minimum Gasteiger partial charge on any atom is -0.495 e. The SMILES string of the molecule is COc1ccc(Cl)cc1NC(=S)Nc1ncn(Cc2ccccc2C)n1. The molecule has 0 radical (unpaired) electrons. The molecule has 0 spiro atoms. The molecule has 1 heterocycles. The molecule has 26 heavy (non-hydrogen) atoms. The van der Waals surface area contributed by atoms with Crippen molar-refractivity contribution in [3.8, 4) is 5.75 Å². The van der Waals surface area contributed by atoms with Gasteiger partial charge in [-0.3, -0.25) is 5.32 Å². The second-order valence-electron chi connectivity index (χ2n) is 5.62. The number of rotatable bonds is 5. The Morgan fingerprint density at radius 1 is 1.23 bits per heavy atom. The van der Waals surface area contributed by atoms with Crippen molar-refractivity contribution >= 4 is 40.6 Å². The largest absolute Gasteiger partial charge is 0.495 e. The Kier molecular flexibility index (Phi) is 5.70. The van der Waals surface area contributed by atoms with E-state index in [4.69, 9.17) is 28.6 Å². The molecule has 0 unspecified atom stereocenters. The molecule has 0 aliphatic rings. The second-order valence-corrected chi connectivity index (χ2v) is 6.46. The maximum atomic E-state index is 6.02. The number of hydrogen-bond acceptors (Lipinski definition) is 4. The molecule has 0 aliphatic heterocycles. The molecule has 0 atom stereocenters. The van der Waals surface area contributed by atoms with Crippen molar-refractivity contribution in [2.75, 3.05) is 17.7 Å². The topological polar surface area (TPSA) is 64.0 Å². The van der Waals surface area contributed by atoms with Gasteiger partial charge in [-0.25, -0.2) is 9.67 Å². The van der Waals surface area contributed by atoms with Gasteiger partial charge in [0.15, 0.2) is 5.11 Å². The van der Waals surface area contributed by atoms with E-state index in [1.54, 1.807) is 36.3 Å². The molecule has 8 heteroatoms. The van der Waals surface area contributed by atoms with Gasteiger partial charge in [-0.05, 0) is 48.5 Å². The van der Waals surface area contributed by atoms with E-state index in [9.17, 15) is 0 Å². The van der Waals surface area contributed by atoms with Gasteiger partial charge in [0.1, 0.15) is 12.1 Å². The highest BCUT2D eigenvalue weighted by Gasteiger charge is 2.09. The molecule has 0 saturated heterocycles. The van der Waals surface area contributed by atoms with Crippen LogP contribution in [0.5, 0.6) is 5.75 Å². The number of hydrogen-bond donors (Lipinski definition) is 2. The van der Waals surface area contributed by atoms with Crippen molar-refractivity contribution in [2.45, 2.75) is 13.5 Å². The summed E-state index contributed by atoms with van der Waals surface area (Å²) in [5.41, 5.74) is 3.06. The number of anilines is 2. The van der Waals surface area contributed by atoms with Crippen LogP contribution in [0.1, 0.15) is 11.1 Å². The zero-order chi connectivity index (χ0) is 18.5. The Labute approximate surface area is 162 Å². The Balaban J connectivity index is 1.65. The van der Waals surface area contributed by atoms with Crippen LogP contribution in [0.15, 0.2) is 48.8 Å². The smallest absolute Gasteiger partial charge is 0.248 e. The minimum atomic E-state index is 0.346. The monoisotopic (exact) mass is 387 g/mol. The molecule has 2 N–H and O–H groups in total. The number of halogens is 1. The van der Waals surface area contributed by atoms with Crippen molar-refractivity contribution in [3.63, 3.8) is 0 Å². The molecule has 134 valence electrons. The molecule has 0 bridgehead atoms. The maximum Gasteiger partial charge on any atom is 0.248 e. The van der Waals surface area contributed by atoms with Crippen LogP contribution < -0.4 is 15.4 Å². The average molecular weight is 388 g/mol. The number of nitrogens with zero attached hydrogens (tertiary/aromatic N) is 3. The summed E-state index contributed by atoms with van der Waals surface area (Å²) >= 11 is 11.3. The summed E-state index contributed by atoms with van der Waals surface area (Å²) in [5, 5.41) is 11.3. The molecule has 1 aromatic heterocycles. The quantitative estimate of drug-likeness (QED) is 0.642. The normalized spacial score (nSPS) is 10.4. The number of benzene rings is 2. The van der Waals surface area contributed by atoms with E-state index in [0.29, 0.717) is 34.1 Å². The fourth-order valence-corrected chi connectivity index (χ4v) is 2.80. The Hall–Kier alpha value is -2.64. The van der Waals surface area contributed by atoms with Gasteiger partial charge in [0.2, 0.25) is 5.95 Å². The first-order valence-corrected chi connectivity index (χ1v) is 8.69. The van der Waals surface area contributed by atoms with Crippen LogP contribution in [0.2, 0.25) is 5.02 Å². The summed E-state index contributed by atoms with van der Waals surface area (Å²) < 4.78 is 7.05. The number of nitrogens with one attached hydrogen (secondary N) is 2. The number of thiocarbonyl (C=S) groups is 1. The van der Waals surface area contributed by atoms with Gasteiger partial charge in [-0.1, -0.05) is 35.9 Å². The summed E-state index contributed by atoms with van der Waals surface area (Å²) in [4.78, 5) is 4.24. The third-order valence-corrected chi connectivity index (χ3v) is 4.20. The Morgan fingerprint density at radius 2 is 2.04 bits per heavy atom. The Bertz CT molecular complexity index is 927. The van der Waals surface area contributed by atoms with Gasteiger partial charge < -0.3 is 10.1 Å². The molecular formula is C18H18ClN5OS. The first-order valence-electron chi connectivity index (χ1n) is 7.90. The molecular weight excluding hydrogens is 370 g/mol. The molecule has 6 nitrogen and oxygen atoms in total. The Morgan fingerprint density at radius 3 is 2.81 bits per heavy atom. The lowest BCUT2D eigenvalue weighted by Gasteiger charge is -2.12. The van der Waals surface area contributed by atoms with E-state index >= 15 is 0 Å². The van der Waals surface area contributed by atoms with Gasteiger partial charge >= 0.3 is 0 Å². The fraction of sp³-hybridized carbons (Fsp3) is 0.167. The summed E-state index contributed by atoms with van der Waals surface area (Å²) in [6, 6.07) is 13.4. The van der Waals surface area contributed by atoms with E-state index in [0.717, 1.165) is 0 Å². The molecule has 0 fully saturated rings.